The second kappa shape index (κ2) is 7.96. The van der Waals surface area contributed by atoms with Crippen molar-refractivity contribution in [2.45, 2.75) is 46.1 Å². The van der Waals surface area contributed by atoms with Gasteiger partial charge in [0, 0.05) is 25.2 Å². The van der Waals surface area contributed by atoms with Gasteiger partial charge in [-0.3, -0.25) is 4.79 Å². The molecule has 0 saturated carbocycles. The number of amides is 1. The van der Waals surface area contributed by atoms with E-state index in [0.29, 0.717) is 6.54 Å². The molecule has 0 saturated heterocycles. The van der Waals surface area contributed by atoms with Gasteiger partial charge in [-0.1, -0.05) is 20.3 Å². The summed E-state index contributed by atoms with van der Waals surface area (Å²) in [5, 5.41) is 2.69. The van der Waals surface area contributed by atoms with Crippen LogP contribution in [0.2, 0.25) is 0 Å². The summed E-state index contributed by atoms with van der Waals surface area (Å²) >= 11 is 0. The molecule has 0 aliphatic heterocycles. The molecule has 0 aromatic heterocycles. The molecule has 1 N–H and O–H groups in total. The topological polar surface area (TPSA) is 32.3 Å². The van der Waals surface area contributed by atoms with Crippen LogP contribution in [0, 0.1) is 11.6 Å². The van der Waals surface area contributed by atoms with E-state index in [1.165, 1.54) is 4.90 Å². The molecule has 0 fully saturated rings. The van der Waals surface area contributed by atoms with Crippen LogP contribution in [-0.4, -0.2) is 30.4 Å². The van der Waals surface area contributed by atoms with Crippen LogP contribution < -0.4 is 5.32 Å². The Morgan fingerprint density at radius 3 is 2.29 bits per heavy atom. The summed E-state index contributed by atoms with van der Waals surface area (Å²) in [4.78, 5) is 13.8. The molecule has 0 aliphatic carbocycles. The van der Waals surface area contributed by atoms with E-state index in [4.69, 9.17) is 0 Å². The Labute approximate surface area is 125 Å². The molecular formula is C16H24F2N2O. The van der Waals surface area contributed by atoms with Gasteiger partial charge in [-0.05, 0) is 31.9 Å². The summed E-state index contributed by atoms with van der Waals surface area (Å²) in [5.74, 6) is -1.83. The molecule has 1 unspecified atom stereocenters. The monoisotopic (exact) mass is 298 g/mol. The van der Waals surface area contributed by atoms with Crippen LogP contribution in [0.3, 0.4) is 0 Å². The largest absolute Gasteiger partial charge is 0.380 e. The van der Waals surface area contributed by atoms with Gasteiger partial charge in [-0.2, -0.15) is 0 Å². The normalized spacial score (nSPS) is 12.1. The summed E-state index contributed by atoms with van der Waals surface area (Å²) in [5.41, 5.74) is -0.129. The number of carbonyl (C=O) groups is 1. The van der Waals surface area contributed by atoms with Crippen molar-refractivity contribution in [3.8, 4) is 0 Å². The molecule has 118 valence electrons. The smallest absolute Gasteiger partial charge is 0.254 e. The third kappa shape index (κ3) is 4.41. The van der Waals surface area contributed by atoms with Gasteiger partial charge < -0.3 is 10.2 Å². The van der Waals surface area contributed by atoms with Crippen molar-refractivity contribution in [2.75, 3.05) is 18.9 Å². The fraction of sp³-hybridized carbons (Fsp3) is 0.562. The van der Waals surface area contributed by atoms with Gasteiger partial charge >= 0.3 is 0 Å². The molecule has 0 aliphatic rings. The van der Waals surface area contributed by atoms with E-state index in [0.717, 1.165) is 31.4 Å². The zero-order valence-corrected chi connectivity index (χ0v) is 13.2. The van der Waals surface area contributed by atoms with Gasteiger partial charge in [0.2, 0.25) is 0 Å². The standard InChI is InChI=1S/C16H24F2N2O/c1-5-7-11(3)20(4)16(21)12-9-13(17)15(14(18)10-12)19-8-6-2/h9-11,19H,5-8H2,1-4H3. The fourth-order valence-corrected chi connectivity index (χ4v) is 2.13. The van der Waals surface area contributed by atoms with Crippen molar-refractivity contribution in [3.05, 3.63) is 29.3 Å². The number of rotatable bonds is 7. The molecule has 1 atom stereocenters. The zero-order valence-electron chi connectivity index (χ0n) is 13.2. The predicted molar refractivity (Wildman–Crippen MR) is 81.6 cm³/mol. The highest BCUT2D eigenvalue weighted by molar-refractivity contribution is 5.94. The number of benzene rings is 1. The third-order valence-corrected chi connectivity index (χ3v) is 3.53. The lowest BCUT2D eigenvalue weighted by Crippen LogP contribution is -2.35. The number of hydrogen-bond donors (Lipinski definition) is 1. The highest BCUT2D eigenvalue weighted by Crippen LogP contribution is 2.22. The van der Waals surface area contributed by atoms with Crippen molar-refractivity contribution in [2.24, 2.45) is 0 Å². The molecule has 1 amide bonds. The summed E-state index contributed by atoms with van der Waals surface area (Å²) in [6.45, 7) is 6.34. The minimum absolute atomic E-state index is 0.0338. The number of halogens is 2. The molecule has 1 aromatic rings. The zero-order chi connectivity index (χ0) is 16.0. The first kappa shape index (κ1) is 17.4. The van der Waals surface area contributed by atoms with E-state index in [2.05, 4.69) is 5.32 Å². The fourth-order valence-electron chi connectivity index (χ4n) is 2.13. The van der Waals surface area contributed by atoms with Crippen LogP contribution >= 0.6 is 0 Å². The Hall–Kier alpha value is -1.65. The van der Waals surface area contributed by atoms with Crippen LogP contribution in [0.4, 0.5) is 14.5 Å². The van der Waals surface area contributed by atoms with E-state index in [1.807, 2.05) is 20.8 Å². The second-order valence-electron chi connectivity index (χ2n) is 5.30. The molecule has 0 bridgehead atoms. The van der Waals surface area contributed by atoms with Crippen LogP contribution in [0.15, 0.2) is 12.1 Å². The SMILES string of the molecule is CCCNc1c(F)cc(C(=O)N(C)C(C)CCC)cc1F. The van der Waals surface area contributed by atoms with Gasteiger partial charge in [0.1, 0.15) is 17.3 Å². The van der Waals surface area contributed by atoms with Crippen molar-refractivity contribution in [1.82, 2.24) is 4.90 Å². The van der Waals surface area contributed by atoms with Gasteiger partial charge in [-0.15, -0.1) is 0 Å². The lowest BCUT2D eigenvalue weighted by Gasteiger charge is -2.25. The highest BCUT2D eigenvalue weighted by Gasteiger charge is 2.20. The molecule has 0 spiro atoms. The number of nitrogens with zero attached hydrogens (tertiary/aromatic N) is 1. The Balaban J connectivity index is 2.96. The quantitative estimate of drug-likeness (QED) is 0.823. The summed E-state index contributed by atoms with van der Waals surface area (Å²) in [6.07, 6.45) is 2.56. The molecule has 5 heteroatoms. The Morgan fingerprint density at radius 1 is 1.24 bits per heavy atom. The second-order valence-corrected chi connectivity index (χ2v) is 5.30. The number of carbonyl (C=O) groups excluding carboxylic acids is 1. The minimum atomic E-state index is -0.733. The lowest BCUT2D eigenvalue weighted by atomic mass is 10.1. The highest BCUT2D eigenvalue weighted by atomic mass is 19.1. The van der Waals surface area contributed by atoms with Crippen molar-refractivity contribution >= 4 is 11.6 Å². The van der Waals surface area contributed by atoms with E-state index >= 15 is 0 Å². The number of nitrogens with one attached hydrogen (secondary N) is 1. The maximum absolute atomic E-state index is 13.9. The molecule has 0 heterocycles. The van der Waals surface area contributed by atoms with Crippen molar-refractivity contribution < 1.29 is 13.6 Å². The van der Waals surface area contributed by atoms with Gasteiger partial charge in [0.15, 0.2) is 0 Å². The van der Waals surface area contributed by atoms with E-state index in [-0.39, 0.29) is 23.2 Å². The van der Waals surface area contributed by atoms with Crippen LogP contribution in [-0.2, 0) is 0 Å². The average molecular weight is 298 g/mol. The average Bonchev–Trinajstić information content (AvgIpc) is 2.45. The summed E-state index contributed by atoms with van der Waals surface area (Å²) < 4.78 is 27.9. The molecule has 1 rings (SSSR count). The maximum atomic E-state index is 13.9. The Bertz CT molecular complexity index is 468. The van der Waals surface area contributed by atoms with E-state index in [1.54, 1.807) is 7.05 Å². The molecule has 0 radical (unpaired) electrons. The van der Waals surface area contributed by atoms with Crippen LogP contribution in [0.5, 0.6) is 0 Å². The lowest BCUT2D eigenvalue weighted by molar-refractivity contribution is 0.0736. The first-order valence-corrected chi connectivity index (χ1v) is 7.42. The first-order chi connectivity index (χ1) is 9.92. The van der Waals surface area contributed by atoms with Gasteiger partial charge in [-0.25, -0.2) is 8.78 Å². The predicted octanol–water partition coefficient (Wildman–Crippen LogP) is 4.05. The summed E-state index contributed by atoms with van der Waals surface area (Å²) in [7, 11) is 1.65. The van der Waals surface area contributed by atoms with Crippen LogP contribution in [0.1, 0.15) is 50.4 Å². The van der Waals surface area contributed by atoms with Crippen molar-refractivity contribution in [3.63, 3.8) is 0 Å². The minimum Gasteiger partial charge on any atom is -0.380 e. The molecular weight excluding hydrogens is 274 g/mol. The van der Waals surface area contributed by atoms with E-state index in [9.17, 15) is 13.6 Å². The Kier molecular flexibility index (Phi) is 6.59. The van der Waals surface area contributed by atoms with Gasteiger partial charge in [0.25, 0.3) is 5.91 Å². The number of anilines is 1. The summed E-state index contributed by atoms with van der Waals surface area (Å²) in [6, 6.07) is 2.23. The first-order valence-electron chi connectivity index (χ1n) is 7.42. The maximum Gasteiger partial charge on any atom is 0.254 e. The third-order valence-electron chi connectivity index (χ3n) is 3.53. The molecule has 1 aromatic carbocycles. The molecule has 3 nitrogen and oxygen atoms in total. The Morgan fingerprint density at radius 2 is 1.81 bits per heavy atom. The molecule has 21 heavy (non-hydrogen) atoms. The van der Waals surface area contributed by atoms with Crippen LogP contribution in [0.25, 0.3) is 0 Å². The van der Waals surface area contributed by atoms with Crippen molar-refractivity contribution in [1.29, 1.82) is 0 Å². The van der Waals surface area contributed by atoms with Gasteiger partial charge in [0.05, 0.1) is 0 Å². The number of hydrogen-bond acceptors (Lipinski definition) is 2. The van der Waals surface area contributed by atoms with E-state index < -0.39 is 11.6 Å².